The van der Waals surface area contributed by atoms with E-state index in [-0.39, 0.29) is 29.5 Å². The van der Waals surface area contributed by atoms with E-state index in [0.29, 0.717) is 37.8 Å². The molecule has 0 saturated heterocycles. The molecular formula is C28H26F2N6O3. The second-order valence-corrected chi connectivity index (χ2v) is 10.1. The molecule has 11 heteroatoms. The zero-order valence-electron chi connectivity index (χ0n) is 21.0. The fraction of sp³-hybridized carbons (Fsp3) is 0.321. The molecule has 2 aliphatic heterocycles. The van der Waals surface area contributed by atoms with Gasteiger partial charge in [-0.3, -0.25) is 23.7 Å². The highest BCUT2D eigenvalue weighted by atomic mass is 19.1. The van der Waals surface area contributed by atoms with Crippen LogP contribution in [0.15, 0.2) is 75.5 Å². The topological polar surface area (TPSA) is 102 Å². The summed E-state index contributed by atoms with van der Waals surface area (Å²) in [5.74, 6) is -0.467. The minimum Gasteiger partial charge on any atom is -0.351 e. The zero-order valence-corrected chi connectivity index (χ0v) is 21.0. The van der Waals surface area contributed by atoms with Gasteiger partial charge in [-0.15, -0.1) is 0 Å². The van der Waals surface area contributed by atoms with E-state index in [2.05, 4.69) is 15.3 Å². The molecule has 1 fully saturated rings. The van der Waals surface area contributed by atoms with Crippen LogP contribution >= 0.6 is 0 Å². The maximum absolute atomic E-state index is 14.1. The summed E-state index contributed by atoms with van der Waals surface area (Å²) in [6.07, 6.45) is 10.6. The van der Waals surface area contributed by atoms with E-state index >= 15 is 0 Å². The number of amidine groups is 1. The molecule has 1 atom stereocenters. The van der Waals surface area contributed by atoms with Crippen molar-refractivity contribution in [2.75, 3.05) is 6.54 Å². The minimum atomic E-state index is -0.679. The third-order valence-electron chi connectivity index (χ3n) is 7.51. The van der Waals surface area contributed by atoms with Crippen molar-refractivity contribution in [3.05, 3.63) is 99.0 Å². The second kappa shape index (κ2) is 10.0. The standard InChI is InChI=1S/C28H26F2N6O3/c29-18-6-4-17(5-7-18)15-35-25-22(13-19(30)14-31-25)27(38)36(28(35)39)21-10-8-20(9-11-21)32-26(37)23-16-34-12-2-1-3-24(34)33-23/h1-7,12-14,20-21,23H,8-11,15-16H2,(H,32,37). The average Bonchev–Trinajstić information content (AvgIpc) is 3.38. The molecule has 1 saturated carbocycles. The largest absolute Gasteiger partial charge is 0.351 e. The number of aliphatic imine (C=N–C) groups is 1. The summed E-state index contributed by atoms with van der Waals surface area (Å²) in [5, 5.41) is 3.08. The molecule has 1 aliphatic carbocycles. The first-order valence-electron chi connectivity index (χ1n) is 12.9. The Balaban J connectivity index is 1.22. The minimum absolute atomic E-state index is 0.00653. The number of hydrogen-bond acceptors (Lipinski definition) is 6. The molecule has 4 heterocycles. The highest BCUT2D eigenvalue weighted by molar-refractivity contribution is 5.99. The van der Waals surface area contributed by atoms with Gasteiger partial charge in [0.15, 0.2) is 0 Å². The second-order valence-electron chi connectivity index (χ2n) is 10.1. The van der Waals surface area contributed by atoms with Crippen molar-refractivity contribution >= 4 is 22.8 Å². The Hall–Kier alpha value is -4.41. The van der Waals surface area contributed by atoms with Crippen molar-refractivity contribution in [2.45, 2.75) is 50.4 Å². The van der Waals surface area contributed by atoms with Crippen molar-refractivity contribution in [1.29, 1.82) is 0 Å². The first kappa shape index (κ1) is 24.9. The number of carbonyl (C=O) groups excluding carboxylic acids is 1. The van der Waals surface area contributed by atoms with Crippen molar-refractivity contribution in [1.82, 2.24) is 24.3 Å². The van der Waals surface area contributed by atoms with Gasteiger partial charge >= 0.3 is 5.69 Å². The highest BCUT2D eigenvalue weighted by Gasteiger charge is 2.32. The number of fused-ring (bicyclic) bond motifs is 2. The Bertz CT molecular complexity index is 1650. The van der Waals surface area contributed by atoms with Gasteiger partial charge in [-0.25, -0.2) is 18.6 Å². The van der Waals surface area contributed by atoms with E-state index < -0.39 is 35.0 Å². The third kappa shape index (κ3) is 4.80. The molecule has 2 aromatic heterocycles. The lowest BCUT2D eigenvalue weighted by Crippen LogP contribution is -2.47. The predicted octanol–water partition coefficient (Wildman–Crippen LogP) is 2.65. The molecule has 0 bridgehead atoms. The number of rotatable bonds is 5. The number of nitrogens with zero attached hydrogens (tertiary/aromatic N) is 5. The number of nitrogens with one attached hydrogen (secondary N) is 1. The Morgan fingerprint density at radius 3 is 2.54 bits per heavy atom. The van der Waals surface area contributed by atoms with Crippen LogP contribution in [0, 0.1) is 11.6 Å². The van der Waals surface area contributed by atoms with Gasteiger partial charge in [0.1, 0.15) is 29.2 Å². The number of amides is 1. The number of carbonyl (C=O) groups is 1. The normalized spacial score (nSPS) is 22.2. The molecule has 39 heavy (non-hydrogen) atoms. The van der Waals surface area contributed by atoms with E-state index in [1.165, 1.54) is 21.3 Å². The molecule has 0 radical (unpaired) electrons. The van der Waals surface area contributed by atoms with Crippen LogP contribution in [0.25, 0.3) is 11.0 Å². The van der Waals surface area contributed by atoms with Gasteiger partial charge in [0, 0.05) is 18.3 Å². The quantitative estimate of drug-likeness (QED) is 0.545. The molecule has 200 valence electrons. The molecule has 1 amide bonds. The Morgan fingerprint density at radius 2 is 1.79 bits per heavy atom. The number of benzene rings is 1. The molecule has 1 N–H and O–H groups in total. The van der Waals surface area contributed by atoms with E-state index in [9.17, 15) is 23.2 Å². The number of pyridine rings is 1. The van der Waals surface area contributed by atoms with Crippen LogP contribution in [0.2, 0.25) is 0 Å². The monoisotopic (exact) mass is 532 g/mol. The number of aromatic nitrogens is 3. The van der Waals surface area contributed by atoms with Crippen molar-refractivity contribution in [3.8, 4) is 0 Å². The van der Waals surface area contributed by atoms with Crippen LogP contribution in [-0.2, 0) is 11.3 Å². The van der Waals surface area contributed by atoms with Crippen LogP contribution < -0.4 is 16.6 Å². The number of allylic oxidation sites excluding steroid dienone is 2. The lowest BCUT2D eigenvalue weighted by atomic mass is 9.90. The van der Waals surface area contributed by atoms with Crippen molar-refractivity contribution in [2.24, 2.45) is 4.99 Å². The van der Waals surface area contributed by atoms with E-state index in [0.717, 1.165) is 18.1 Å². The number of halogens is 2. The zero-order chi connectivity index (χ0) is 27.1. The van der Waals surface area contributed by atoms with Gasteiger partial charge < -0.3 is 10.2 Å². The molecule has 6 rings (SSSR count). The number of hydrogen-bond donors (Lipinski definition) is 1. The summed E-state index contributed by atoms with van der Waals surface area (Å²) in [7, 11) is 0. The van der Waals surface area contributed by atoms with Gasteiger partial charge in [-0.2, -0.15) is 0 Å². The van der Waals surface area contributed by atoms with Crippen LogP contribution in [0.4, 0.5) is 8.78 Å². The van der Waals surface area contributed by atoms with Crippen LogP contribution in [0.3, 0.4) is 0 Å². The van der Waals surface area contributed by atoms with E-state index in [1.54, 1.807) is 12.1 Å². The summed E-state index contributed by atoms with van der Waals surface area (Å²) in [5.41, 5.74) is -0.431. The van der Waals surface area contributed by atoms with Gasteiger partial charge in [0.25, 0.3) is 5.56 Å². The molecule has 3 aliphatic rings. The Labute approximate surface area is 221 Å². The summed E-state index contributed by atoms with van der Waals surface area (Å²) >= 11 is 0. The molecule has 1 unspecified atom stereocenters. The van der Waals surface area contributed by atoms with Crippen LogP contribution in [0.5, 0.6) is 0 Å². The smallest absolute Gasteiger partial charge is 0.333 e. The average molecular weight is 533 g/mol. The molecule has 0 spiro atoms. The van der Waals surface area contributed by atoms with Crippen LogP contribution in [0.1, 0.15) is 37.3 Å². The van der Waals surface area contributed by atoms with E-state index in [4.69, 9.17) is 0 Å². The Kier molecular flexibility index (Phi) is 6.41. The lowest BCUT2D eigenvalue weighted by molar-refractivity contribution is -0.123. The summed E-state index contributed by atoms with van der Waals surface area (Å²) < 4.78 is 30.0. The van der Waals surface area contributed by atoms with Crippen molar-refractivity contribution < 1.29 is 13.6 Å². The first-order chi connectivity index (χ1) is 18.9. The van der Waals surface area contributed by atoms with Gasteiger partial charge in [0.2, 0.25) is 5.91 Å². The summed E-state index contributed by atoms with van der Waals surface area (Å²) in [6.45, 7) is 0.535. The summed E-state index contributed by atoms with van der Waals surface area (Å²) in [4.78, 5) is 50.4. The van der Waals surface area contributed by atoms with Gasteiger partial charge in [0.05, 0.1) is 24.7 Å². The van der Waals surface area contributed by atoms with E-state index in [1.807, 2.05) is 29.3 Å². The molecule has 9 nitrogen and oxygen atoms in total. The molecular weight excluding hydrogens is 506 g/mol. The fourth-order valence-electron chi connectivity index (χ4n) is 5.52. The van der Waals surface area contributed by atoms with Crippen LogP contribution in [-0.4, -0.2) is 49.4 Å². The SMILES string of the molecule is O=C(NC1CCC(n2c(=O)c3cc(F)cnc3n(Cc3ccc(F)cc3)c2=O)CC1)C1CN2C=CC=CC2=N1. The van der Waals surface area contributed by atoms with Gasteiger partial charge in [-0.05, 0) is 61.6 Å². The third-order valence-corrected chi connectivity index (χ3v) is 7.51. The predicted molar refractivity (Wildman–Crippen MR) is 141 cm³/mol. The first-order valence-corrected chi connectivity index (χ1v) is 12.9. The fourth-order valence-corrected chi connectivity index (χ4v) is 5.52. The Morgan fingerprint density at radius 1 is 1.03 bits per heavy atom. The summed E-state index contributed by atoms with van der Waals surface area (Å²) in [6, 6.07) is 5.76. The molecule has 1 aromatic carbocycles. The maximum atomic E-state index is 14.1. The highest BCUT2D eigenvalue weighted by Crippen LogP contribution is 2.27. The van der Waals surface area contributed by atoms with Crippen molar-refractivity contribution in [3.63, 3.8) is 0 Å². The lowest BCUT2D eigenvalue weighted by Gasteiger charge is -2.30. The van der Waals surface area contributed by atoms with Gasteiger partial charge in [-0.1, -0.05) is 18.2 Å². The maximum Gasteiger partial charge on any atom is 0.333 e. The molecule has 3 aromatic rings.